The molecule has 1 aliphatic carbocycles. The Kier molecular flexibility index (Phi) is 6.29. The zero-order valence-electron chi connectivity index (χ0n) is 12.1. The first-order valence-electron chi connectivity index (χ1n) is 7.05. The molecular formula is C14H23N3O3. The standard InChI is InChI=1S/C14H23N3O3/c1-10(7-15)9-17(2)14(20)16-8-11-3-5-12(6-4-11)13(18)19/h10-12H,3-6,8-9H2,1-2H3,(H,16,20)(H,18,19). The second-order valence-corrected chi connectivity index (χ2v) is 5.65. The summed E-state index contributed by atoms with van der Waals surface area (Å²) in [6.07, 6.45) is 3.07. The lowest BCUT2D eigenvalue weighted by Gasteiger charge is -2.27. The number of carbonyl (C=O) groups excluding carboxylic acids is 1. The van der Waals surface area contributed by atoms with Crippen LogP contribution >= 0.6 is 0 Å². The van der Waals surface area contributed by atoms with Gasteiger partial charge in [-0.2, -0.15) is 5.26 Å². The topological polar surface area (TPSA) is 93.4 Å². The molecule has 2 amide bonds. The van der Waals surface area contributed by atoms with E-state index in [1.54, 1.807) is 14.0 Å². The van der Waals surface area contributed by atoms with Crippen LogP contribution in [0.25, 0.3) is 0 Å². The molecule has 0 aromatic rings. The lowest BCUT2D eigenvalue weighted by molar-refractivity contribution is -0.143. The molecule has 1 atom stereocenters. The highest BCUT2D eigenvalue weighted by atomic mass is 16.4. The van der Waals surface area contributed by atoms with Gasteiger partial charge in [0.15, 0.2) is 0 Å². The van der Waals surface area contributed by atoms with Crippen molar-refractivity contribution in [3.05, 3.63) is 0 Å². The molecule has 112 valence electrons. The molecule has 6 nitrogen and oxygen atoms in total. The maximum atomic E-state index is 11.8. The molecule has 1 fully saturated rings. The summed E-state index contributed by atoms with van der Waals surface area (Å²) in [5.74, 6) is -0.757. The number of hydrogen-bond acceptors (Lipinski definition) is 3. The molecule has 0 spiro atoms. The Hall–Kier alpha value is -1.77. The van der Waals surface area contributed by atoms with Crippen LogP contribution in [0.5, 0.6) is 0 Å². The largest absolute Gasteiger partial charge is 0.481 e. The Morgan fingerprint density at radius 2 is 2.00 bits per heavy atom. The van der Waals surface area contributed by atoms with Crippen LogP contribution in [0.15, 0.2) is 0 Å². The summed E-state index contributed by atoms with van der Waals surface area (Å²) in [6, 6.07) is 1.92. The molecule has 0 aromatic carbocycles. The first kappa shape index (κ1) is 16.3. The van der Waals surface area contributed by atoms with E-state index in [9.17, 15) is 9.59 Å². The van der Waals surface area contributed by atoms with Crippen molar-refractivity contribution in [2.24, 2.45) is 17.8 Å². The Bertz CT molecular complexity index is 384. The van der Waals surface area contributed by atoms with E-state index < -0.39 is 5.97 Å². The molecule has 6 heteroatoms. The summed E-state index contributed by atoms with van der Waals surface area (Å²) in [5, 5.41) is 20.5. The zero-order valence-corrected chi connectivity index (χ0v) is 12.1. The summed E-state index contributed by atoms with van der Waals surface area (Å²) in [5.41, 5.74) is 0. The molecule has 0 aliphatic heterocycles. The first-order valence-corrected chi connectivity index (χ1v) is 7.05. The number of carboxylic acids is 1. The molecular weight excluding hydrogens is 258 g/mol. The van der Waals surface area contributed by atoms with E-state index in [0.29, 0.717) is 31.8 Å². The molecule has 20 heavy (non-hydrogen) atoms. The number of carboxylic acid groups (broad SMARTS) is 1. The van der Waals surface area contributed by atoms with Crippen LogP contribution in [0, 0.1) is 29.1 Å². The van der Waals surface area contributed by atoms with Gasteiger partial charge in [0.2, 0.25) is 0 Å². The van der Waals surface area contributed by atoms with Gasteiger partial charge in [-0.3, -0.25) is 4.79 Å². The van der Waals surface area contributed by atoms with Crippen LogP contribution < -0.4 is 5.32 Å². The third-order valence-electron chi connectivity index (χ3n) is 3.85. The van der Waals surface area contributed by atoms with Gasteiger partial charge in [-0.25, -0.2) is 4.79 Å². The molecule has 1 aliphatic rings. The zero-order chi connectivity index (χ0) is 15.1. The maximum absolute atomic E-state index is 11.8. The number of nitrogens with one attached hydrogen (secondary N) is 1. The van der Waals surface area contributed by atoms with Gasteiger partial charge in [0, 0.05) is 20.1 Å². The van der Waals surface area contributed by atoms with E-state index in [1.807, 2.05) is 0 Å². The SMILES string of the molecule is CC(C#N)CN(C)C(=O)NCC1CCC(C(=O)O)CC1. The molecule has 1 saturated carbocycles. The highest BCUT2D eigenvalue weighted by Crippen LogP contribution is 2.28. The third kappa shape index (κ3) is 5.08. The molecule has 0 saturated heterocycles. The third-order valence-corrected chi connectivity index (χ3v) is 3.85. The molecule has 1 unspecified atom stereocenters. The van der Waals surface area contributed by atoms with Gasteiger partial charge in [0.25, 0.3) is 0 Å². The van der Waals surface area contributed by atoms with Crippen LogP contribution in [0.4, 0.5) is 4.79 Å². The second kappa shape index (κ2) is 7.73. The van der Waals surface area contributed by atoms with Crippen molar-refractivity contribution in [1.82, 2.24) is 10.2 Å². The smallest absolute Gasteiger partial charge is 0.317 e. The maximum Gasteiger partial charge on any atom is 0.317 e. The monoisotopic (exact) mass is 281 g/mol. The van der Waals surface area contributed by atoms with E-state index in [-0.39, 0.29) is 17.9 Å². The lowest BCUT2D eigenvalue weighted by atomic mass is 9.82. The fourth-order valence-corrected chi connectivity index (χ4v) is 2.51. The van der Waals surface area contributed by atoms with Gasteiger partial charge in [-0.15, -0.1) is 0 Å². The number of rotatable bonds is 5. The summed E-state index contributed by atoms with van der Waals surface area (Å²) >= 11 is 0. The van der Waals surface area contributed by atoms with Crippen LogP contribution in [-0.2, 0) is 4.79 Å². The van der Waals surface area contributed by atoms with E-state index in [2.05, 4.69) is 11.4 Å². The van der Waals surface area contributed by atoms with Gasteiger partial charge in [0.05, 0.1) is 17.9 Å². The fourth-order valence-electron chi connectivity index (χ4n) is 2.51. The van der Waals surface area contributed by atoms with Crippen LogP contribution in [-0.4, -0.2) is 42.1 Å². The normalized spacial score (nSPS) is 23.4. The lowest BCUT2D eigenvalue weighted by Crippen LogP contribution is -2.41. The van der Waals surface area contributed by atoms with E-state index in [0.717, 1.165) is 12.8 Å². The Morgan fingerprint density at radius 3 is 2.50 bits per heavy atom. The van der Waals surface area contributed by atoms with E-state index in [1.165, 1.54) is 4.90 Å². The van der Waals surface area contributed by atoms with Crippen molar-refractivity contribution in [3.8, 4) is 6.07 Å². The number of nitrogens with zero attached hydrogens (tertiary/aromatic N) is 2. The van der Waals surface area contributed by atoms with E-state index in [4.69, 9.17) is 10.4 Å². The van der Waals surface area contributed by atoms with Gasteiger partial charge < -0.3 is 15.3 Å². The van der Waals surface area contributed by atoms with E-state index >= 15 is 0 Å². The molecule has 0 radical (unpaired) electrons. The van der Waals surface area contributed by atoms with Crippen molar-refractivity contribution < 1.29 is 14.7 Å². The summed E-state index contributed by atoms with van der Waals surface area (Å²) in [7, 11) is 1.67. The number of amides is 2. The molecule has 0 aromatic heterocycles. The quantitative estimate of drug-likeness (QED) is 0.801. The molecule has 0 heterocycles. The summed E-state index contributed by atoms with van der Waals surface area (Å²) in [4.78, 5) is 24.2. The Balaban J connectivity index is 2.25. The average molecular weight is 281 g/mol. The van der Waals surface area contributed by atoms with Crippen LogP contribution in [0.1, 0.15) is 32.6 Å². The van der Waals surface area contributed by atoms with Crippen molar-refractivity contribution >= 4 is 12.0 Å². The van der Waals surface area contributed by atoms with Gasteiger partial charge in [0.1, 0.15) is 0 Å². The van der Waals surface area contributed by atoms with Gasteiger partial charge >= 0.3 is 12.0 Å². The van der Waals surface area contributed by atoms with Crippen molar-refractivity contribution in [2.75, 3.05) is 20.1 Å². The minimum Gasteiger partial charge on any atom is -0.481 e. The van der Waals surface area contributed by atoms with Crippen LogP contribution in [0.3, 0.4) is 0 Å². The average Bonchev–Trinajstić information content (AvgIpc) is 2.44. The van der Waals surface area contributed by atoms with Gasteiger partial charge in [-0.05, 0) is 38.5 Å². The number of nitriles is 1. The first-order chi connectivity index (χ1) is 9.43. The van der Waals surface area contributed by atoms with Gasteiger partial charge in [-0.1, -0.05) is 0 Å². The minimum absolute atomic E-state index is 0.174. The summed E-state index contributed by atoms with van der Waals surface area (Å²) in [6.45, 7) is 2.77. The fraction of sp³-hybridized carbons (Fsp3) is 0.786. The summed E-state index contributed by atoms with van der Waals surface area (Å²) < 4.78 is 0. The highest BCUT2D eigenvalue weighted by Gasteiger charge is 2.26. The number of aliphatic carboxylic acids is 1. The molecule has 0 bridgehead atoms. The predicted molar refractivity (Wildman–Crippen MR) is 73.9 cm³/mol. The Labute approximate surface area is 119 Å². The Morgan fingerprint density at radius 1 is 1.40 bits per heavy atom. The predicted octanol–water partition coefficient (Wildman–Crippen LogP) is 1.68. The number of urea groups is 1. The van der Waals surface area contributed by atoms with Crippen molar-refractivity contribution in [3.63, 3.8) is 0 Å². The van der Waals surface area contributed by atoms with Crippen molar-refractivity contribution in [1.29, 1.82) is 5.26 Å². The van der Waals surface area contributed by atoms with Crippen LogP contribution in [0.2, 0.25) is 0 Å². The second-order valence-electron chi connectivity index (χ2n) is 5.65. The minimum atomic E-state index is -0.710. The van der Waals surface area contributed by atoms with Crippen molar-refractivity contribution in [2.45, 2.75) is 32.6 Å². The molecule has 1 rings (SSSR count). The highest BCUT2D eigenvalue weighted by molar-refractivity contribution is 5.73. The molecule has 2 N–H and O–H groups in total. The number of hydrogen-bond donors (Lipinski definition) is 2. The number of carbonyl (C=O) groups is 2.